The highest BCUT2D eigenvalue weighted by Gasteiger charge is 2.25. The predicted molar refractivity (Wildman–Crippen MR) is 72.4 cm³/mol. The summed E-state index contributed by atoms with van der Waals surface area (Å²) in [6.07, 6.45) is 2.54. The second-order valence-corrected chi connectivity index (χ2v) is 6.27. The molecule has 0 atom stereocenters. The van der Waals surface area contributed by atoms with Crippen molar-refractivity contribution in [1.82, 2.24) is 13.9 Å². The first kappa shape index (κ1) is 15.5. The van der Waals surface area contributed by atoms with Crippen LogP contribution in [-0.2, 0) is 16.6 Å². The topological polar surface area (TPSA) is 55.2 Å². The standard InChI is InChI=1S/C11H20ClN3O2S/c1-4-7-14-9-11(13-10(14)3)18(16,17)15(5-2)8-6-12/h9H,4-8H2,1-3H3. The van der Waals surface area contributed by atoms with Crippen LogP contribution in [0.4, 0.5) is 0 Å². The molecule has 5 nitrogen and oxygen atoms in total. The fraction of sp³-hybridized carbons (Fsp3) is 0.727. The van der Waals surface area contributed by atoms with Gasteiger partial charge in [0, 0.05) is 31.7 Å². The van der Waals surface area contributed by atoms with Crippen LogP contribution in [0.15, 0.2) is 11.2 Å². The molecule has 1 heterocycles. The summed E-state index contributed by atoms with van der Waals surface area (Å²) in [7, 11) is -3.52. The summed E-state index contributed by atoms with van der Waals surface area (Å²) in [6.45, 7) is 7.12. The van der Waals surface area contributed by atoms with Gasteiger partial charge in [-0.15, -0.1) is 11.6 Å². The van der Waals surface area contributed by atoms with Crippen molar-refractivity contribution in [3.63, 3.8) is 0 Å². The average molecular weight is 294 g/mol. The van der Waals surface area contributed by atoms with Crippen molar-refractivity contribution in [3.05, 3.63) is 12.0 Å². The van der Waals surface area contributed by atoms with Crippen LogP contribution in [0.1, 0.15) is 26.1 Å². The highest BCUT2D eigenvalue weighted by Crippen LogP contribution is 2.15. The smallest absolute Gasteiger partial charge is 0.262 e. The van der Waals surface area contributed by atoms with Crippen LogP contribution in [0, 0.1) is 6.92 Å². The molecule has 0 aliphatic heterocycles. The van der Waals surface area contributed by atoms with Gasteiger partial charge in [-0.25, -0.2) is 13.4 Å². The van der Waals surface area contributed by atoms with Gasteiger partial charge in [-0.2, -0.15) is 4.31 Å². The molecule has 0 amide bonds. The van der Waals surface area contributed by atoms with Gasteiger partial charge in [-0.3, -0.25) is 0 Å². The average Bonchev–Trinajstić information content (AvgIpc) is 2.69. The molecule has 0 radical (unpaired) electrons. The van der Waals surface area contributed by atoms with E-state index < -0.39 is 10.0 Å². The second kappa shape index (κ2) is 6.54. The Morgan fingerprint density at radius 1 is 1.44 bits per heavy atom. The Balaban J connectivity index is 3.07. The van der Waals surface area contributed by atoms with Crippen molar-refractivity contribution < 1.29 is 8.42 Å². The molecule has 0 aliphatic carbocycles. The molecule has 0 bridgehead atoms. The van der Waals surface area contributed by atoms with E-state index in [0.29, 0.717) is 13.1 Å². The number of hydrogen-bond acceptors (Lipinski definition) is 3. The minimum atomic E-state index is -3.52. The lowest BCUT2D eigenvalue weighted by molar-refractivity contribution is 0.444. The van der Waals surface area contributed by atoms with E-state index in [1.54, 1.807) is 13.1 Å². The SMILES string of the molecule is CCCn1cc(S(=O)(=O)N(CC)CCCl)nc1C. The monoisotopic (exact) mass is 293 g/mol. The van der Waals surface area contributed by atoms with E-state index in [1.807, 2.05) is 18.4 Å². The third-order valence-corrected chi connectivity index (χ3v) is 4.72. The summed E-state index contributed by atoms with van der Waals surface area (Å²) in [5.74, 6) is 0.999. The normalized spacial score (nSPS) is 12.3. The maximum Gasteiger partial charge on any atom is 0.262 e. The molecule has 0 unspecified atom stereocenters. The molecule has 0 aliphatic rings. The van der Waals surface area contributed by atoms with E-state index in [9.17, 15) is 8.42 Å². The van der Waals surface area contributed by atoms with E-state index in [0.717, 1.165) is 18.8 Å². The Bertz CT molecular complexity index is 484. The molecule has 0 aromatic carbocycles. The van der Waals surface area contributed by atoms with E-state index in [2.05, 4.69) is 4.98 Å². The molecule has 0 fully saturated rings. The fourth-order valence-corrected chi connectivity index (χ4v) is 3.49. The molecule has 1 aromatic rings. The zero-order valence-corrected chi connectivity index (χ0v) is 12.6. The van der Waals surface area contributed by atoms with Gasteiger partial charge in [0.15, 0.2) is 5.03 Å². The summed E-state index contributed by atoms with van der Waals surface area (Å²) >= 11 is 5.62. The largest absolute Gasteiger partial charge is 0.334 e. The van der Waals surface area contributed by atoms with Gasteiger partial charge in [-0.1, -0.05) is 13.8 Å². The lowest BCUT2D eigenvalue weighted by Gasteiger charge is -2.17. The van der Waals surface area contributed by atoms with Gasteiger partial charge >= 0.3 is 0 Å². The first-order valence-electron chi connectivity index (χ1n) is 6.07. The predicted octanol–water partition coefficient (Wildman–Crippen LogP) is 1.85. The molecular formula is C11H20ClN3O2S. The number of imidazole rings is 1. The highest BCUT2D eigenvalue weighted by molar-refractivity contribution is 7.89. The van der Waals surface area contributed by atoms with Crippen molar-refractivity contribution >= 4 is 21.6 Å². The van der Waals surface area contributed by atoms with E-state index in [4.69, 9.17) is 11.6 Å². The van der Waals surface area contributed by atoms with Gasteiger partial charge in [0.1, 0.15) is 5.82 Å². The number of sulfonamides is 1. The van der Waals surface area contributed by atoms with E-state index >= 15 is 0 Å². The zero-order valence-electron chi connectivity index (χ0n) is 11.1. The summed E-state index contributed by atoms with van der Waals surface area (Å²) in [6, 6.07) is 0. The molecule has 104 valence electrons. The number of alkyl halides is 1. The molecule has 0 N–H and O–H groups in total. The second-order valence-electron chi connectivity index (χ2n) is 4.01. The van der Waals surface area contributed by atoms with Crippen LogP contribution in [0.25, 0.3) is 0 Å². The van der Waals surface area contributed by atoms with Crippen LogP contribution in [-0.4, -0.2) is 41.2 Å². The molecular weight excluding hydrogens is 274 g/mol. The quantitative estimate of drug-likeness (QED) is 0.721. The Kier molecular flexibility index (Phi) is 5.62. The molecule has 1 rings (SSSR count). The maximum absolute atomic E-state index is 12.3. The Labute approximate surface area is 114 Å². The Morgan fingerprint density at radius 2 is 2.11 bits per heavy atom. The van der Waals surface area contributed by atoms with Crippen molar-refractivity contribution in [2.45, 2.75) is 38.8 Å². The summed E-state index contributed by atoms with van der Waals surface area (Å²) < 4.78 is 27.8. The molecule has 7 heteroatoms. The Morgan fingerprint density at radius 3 is 2.61 bits per heavy atom. The van der Waals surface area contributed by atoms with Gasteiger partial charge in [0.05, 0.1) is 0 Å². The molecule has 0 saturated heterocycles. The molecule has 18 heavy (non-hydrogen) atoms. The van der Waals surface area contributed by atoms with Crippen LogP contribution in [0.2, 0.25) is 0 Å². The minimum absolute atomic E-state index is 0.111. The number of aryl methyl sites for hydroxylation is 2. The number of rotatable bonds is 7. The maximum atomic E-state index is 12.3. The number of hydrogen-bond donors (Lipinski definition) is 0. The first-order chi connectivity index (χ1) is 8.47. The minimum Gasteiger partial charge on any atom is -0.334 e. The lowest BCUT2D eigenvalue weighted by atomic mass is 10.5. The number of aromatic nitrogens is 2. The summed E-state index contributed by atoms with van der Waals surface area (Å²) in [4.78, 5) is 4.14. The third-order valence-electron chi connectivity index (χ3n) is 2.71. The lowest BCUT2D eigenvalue weighted by Crippen LogP contribution is -2.32. The van der Waals surface area contributed by atoms with Gasteiger partial charge < -0.3 is 4.57 Å². The highest BCUT2D eigenvalue weighted by atomic mass is 35.5. The van der Waals surface area contributed by atoms with E-state index in [1.165, 1.54) is 4.31 Å². The van der Waals surface area contributed by atoms with Crippen molar-refractivity contribution in [1.29, 1.82) is 0 Å². The van der Waals surface area contributed by atoms with Crippen LogP contribution < -0.4 is 0 Å². The van der Waals surface area contributed by atoms with Crippen LogP contribution in [0.5, 0.6) is 0 Å². The fourth-order valence-electron chi connectivity index (χ4n) is 1.75. The van der Waals surface area contributed by atoms with Crippen molar-refractivity contribution in [2.75, 3.05) is 19.0 Å². The summed E-state index contributed by atoms with van der Waals surface area (Å²) in [5.41, 5.74) is 0. The number of nitrogens with zero attached hydrogens (tertiary/aromatic N) is 3. The van der Waals surface area contributed by atoms with Crippen molar-refractivity contribution in [2.24, 2.45) is 0 Å². The Hall–Kier alpha value is -0.590. The first-order valence-corrected chi connectivity index (χ1v) is 8.04. The zero-order chi connectivity index (χ0) is 13.8. The van der Waals surface area contributed by atoms with Gasteiger partial charge in [0.2, 0.25) is 0 Å². The van der Waals surface area contributed by atoms with E-state index in [-0.39, 0.29) is 10.9 Å². The molecule has 1 aromatic heterocycles. The van der Waals surface area contributed by atoms with Crippen LogP contribution >= 0.6 is 11.6 Å². The van der Waals surface area contributed by atoms with Crippen molar-refractivity contribution in [3.8, 4) is 0 Å². The van der Waals surface area contributed by atoms with Gasteiger partial charge in [-0.05, 0) is 13.3 Å². The van der Waals surface area contributed by atoms with Crippen LogP contribution in [0.3, 0.4) is 0 Å². The van der Waals surface area contributed by atoms with Gasteiger partial charge in [0.25, 0.3) is 10.0 Å². The molecule has 0 spiro atoms. The third kappa shape index (κ3) is 3.24. The number of halogens is 1. The molecule has 0 saturated carbocycles. The summed E-state index contributed by atoms with van der Waals surface area (Å²) in [5, 5.41) is 0.111.